The van der Waals surface area contributed by atoms with Gasteiger partial charge in [0.15, 0.2) is 0 Å². The van der Waals surface area contributed by atoms with Crippen LogP contribution in [0.5, 0.6) is 0 Å². The number of hydrogen-bond acceptors (Lipinski definition) is 2. The van der Waals surface area contributed by atoms with E-state index in [2.05, 4.69) is 24.9 Å². The number of nitriles is 1. The van der Waals surface area contributed by atoms with E-state index in [1.54, 1.807) is 6.07 Å². The van der Waals surface area contributed by atoms with E-state index in [1.165, 1.54) is 37.8 Å². The normalized spacial score (nSPS) is 23.3. The molecule has 0 heterocycles. The fourth-order valence-electron chi connectivity index (χ4n) is 3.00. The summed E-state index contributed by atoms with van der Waals surface area (Å²) in [7, 11) is 2.08. The molecular weight excluding hydrogens is 239 g/mol. The lowest BCUT2D eigenvalue weighted by Gasteiger charge is -2.34. The van der Waals surface area contributed by atoms with E-state index in [4.69, 9.17) is 5.26 Å². The predicted molar refractivity (Wildman–Crippen MR) is 74.0 cm³/mol. The zero-order valence-electron chi connectivity index (χ0n) is 11.7. The molecule has 0 spiro atoms. The fraction of sp³-hybridized carbons (Fsp3) is 0.562. The Labute approximate surface area is 114 Å². The number of hydrogen-bond donors (Lipinski definition) is 0. The van der Waals surface area contributed by atoms with Crippen LogP contribution in [0, 0.1) is 23.1 Å². The molecule has 1 fully saturated rings. The summed E-state index contributed by atoms with van der Waals surface area (Å²) in [6.07, 6.45) is 4.99. The maximum absolute atomic E-state index is 13.3. The lowest BCUT2D eigenvalue weighted by Crippen LogP contribution is -2.35. The van der Waals surface area contributed by atoms with Crippen LogP contribution in [0.15, 0.2) is 18.2 Å². The molecule has 0 aromatic heterocycles. The summed E-state index contributed by atoms with van der Waals surface area (Å²) < 4.78 is 13.3. The van der Waals surface area contributed by atoms with Crippen LogP contribution in [0.2, 0.25) is 0 Å². The SMILES string of the molecule is CC1CCCC(N(C)Cc2cc(F)ccc2C#N)C1. The van der Waals surface area contributed by atoms with Crippen molar-refractivity contribution in [2.24, 2.45) is 5.92 Å². The van der Waals surface area contributed by atoms with Gasteiger partial charge in [0.2, 0.25) is 0 Å². The monoisotopic (exact) mass is 260 g/mol. The van der Waals surface area contributed by atoms with Gasteiger partial charge in [-0.3, -0.25) is 4.90 Å². The molecule has 19 heavy (non-hydrogen) atoms. The van der Waals surface area contributed by atoms with Gasteiger partial charge in [0.1, 0.15) is 5.82 Å². The summed E-state index contributed by atoms with van der Waals surface area (Å²) >= 11 is 0. The smallest absolute Gasteiger partial charge is 0.123 e. The van der Waals surface area contributed by atoms with Crippen molar-refractivity contribution >= 4 is 0 Å². The maximum Gasteiger partial charge on any atom is 0.123 e. The molecule has 0 radical (unpaired) electrons. The summed E-state index contributed by atoms with van der Waals surface area (Å²) in [5.41, 5.74) is 1.38. The van der Waals surface area contributed by atoms with Crippen LogP contribution < -0.4 is 0 Å². The molecule has 1 saturated carbocycles. The minimum atomic E-state index is -0.264. The van der Waals surface area contributed by atoms with Gasteiger partial charge < -0.3 is 0 Å². The molecule has 1 aromatic rings. The highest BCUT2D eigenvalue weighted by Crippen LogP contribution is 2.27. The highest BCUT2D eigenvalue weighted by molar-refractivity contribution is 5.37. The first kappa shape index (κ1) is 14.0. The van der Waals surface area contributed by atoms with Gasteiger partial charge in [-0.2, -0.15) is 5.26 Å². The summed E-state index contributed by atoms with van der Waals surface area (Å²) in [6, 6.07) is 7.11. The summed E-state index contributed by atoms with van der Waals surface area (Å²) in [5.74, 6) is 0.503. The third-order valence-corrected chi connectivity index (χ3v) is 4.14. The van der Waals surface area contributed by atoms with Crippen molar-refractivity contribution in [3.05, 3.63) is 35.1 Å². The van der Waals surface area contributed by atoms with Gasteiger partial charge in [0, 0.05) is 12.6 Å². The van der Waals surface area contributed by atoms with E-state index in [9.17, 15) is 4.39 Å². The van der Waals surface area contributed by atoms with E-state index in [0.29, 0.717) is 18.2 Å². The second-order valence-corrected chi connectivity index (χ2v) is 5.75. The van der Waals surface area contributed by atoms with Crippen molar-refractivity contribution in [2.45, 2.75) is 45.2 Å². The Morgan fingerprint density at radius 1 is 1.42 bits per heavy atom. The van der Waals surface area contributed by atoms with Gasteiger partial charge in [-0.25, -0.2) is 4.39 Å². The Hall–Kier alpha value is -1.40. The van der Waals surface area contributed by atoms with E-state index >= 15 is 0 Å². The standard InChI is InChI=1S/C16H21FN2/c1-12-4-3-5-16(8-12)19(2)11-14-9-15(17)7-6-13(14)10-18/h6-7,9,12,16H,3-5,8,11H2,1-2H3. The molecule has 2 rings (SSSR count). The van der Waals surface area contributed by atoms with Crippen LogP contribution in [0.4, 0.5) is 4.39 Å². The molecule has 0 bridgehead atoms. The molecule has 1 aliphatic carbocycles. The van der Waals surface area contributed by atoms with Gasteiger partial charge in [-0.05, 0) is 49.6 Å². The molecule has 3 heteroatoms. The van der Waals surface area contributed by atoms with Gasteiger partial charge in [-0.1, -0.05) is 19.8 Å². The van der Waals surface area contributed by atoms with E-state index < -0.39 is 0 Å². The minimum Gasteiger partial charge on any atom is -0.299 e. The lowest BCUT2D eigenvalue weighted by atomic mass is 9.86. The zero-order valence-corrected chi connectivity index (χ0v) is 11.7. The molecule has 0 saturated heterocycles. The van der Waals surface area contributed by atoms with Crippen molar-refractivity contribution in [2.75, 3.05) is 7.05 Å². The Morgan fingerprint density at radius 2 is 2.21 bits per heavy atom. The van der Waals surface area contributed by atoms with E-state index in [-0.39, 0.29) is 5.82 Å². The quantitative estimate of drug-likeness (QED) is 0.828. The minimum absolute atomic E-state index is 0.264. The number of nitrogens with zero attached hydrogens (tertiary/aromatic N) is 2. The predicted octanol–water partition coefficient (Wildman–Crippen LogP) is 3.71. The maximum atomic E-state index is 13.3. The lowest BCUT2D eigenvalue weighted by molar-refractivity contribution is 0.157. The Morgan fingerprint density at radius 3 is 2.89 bits per heavy atom. The number of rotatable bonds is 3. The van der Waals surface area contributed by atoms with Crippen LogP contribution >= 0.6 is 0 Å². The molecule has 2 atom stereocenters. The molecular formula is C16H21FN2. The molecule has 0 amide bonds. The average Bonchev–Trinajstić information content (AvgIpc) is 2.39. The first-order valence-corrected chi connectivity index (χ1v) is 6.99. The summed E-state index contributed by atoms with van der Waals surface area (Å²) in [5, 5.41) is 9.08. The van der Waals surface area contributed by atoms with E-state index in [0.717, 1.165) is 11.5 Å². The van der Waals surface area contributed by atoms with E-state index in [1.807, 2.05) is 0 Å². The highest BCUT2D eigenvalue weighted by atomic mass is 19.1. The molecule has 1 aromatic carbocycles. The van der Waals surface area contributed by atoms with Crippen LogP contribution in [-0.4, -0.2) is 18.0 Å². The second-order valence-electron chi connectivity index (χ2n) is 5.75. The first-order chi connectivity index (χ1) is 9.10. The van der Waals surface area contributed by atoms with Crippen molar-refractivity contribution in [3.8, 4) is 6.07 Å². The van der Waals surface area contributed by atoms with Gasteiger partial charge >= 0.3 is 0 Å². The third-order valence-electron chi connectivity index (χ3n) is 4.14. The molecule has 2 nitrogen and oxygen atoms in total. The molecule has 2 unspecified atom stereocenters. The topological polar surface area (TPSA) is 27.0 Å². The second kappa shape index (κ2) is 6.16. The molecule has 0 N–H and O–H groups in total. The van der Waals surface area contributed by atoms with Crippen LogP contribution in [-0.2, 0) is 6.54 Å². The van der Waals surface area contributed by atoms with Gasteiger partial charge in [0.25, 0.3) is 0 Å². The van der Waals surface area contributed by atoms with Crippen molar-refractivity contribution in [1.29, 1.82) is 5.26 Å². The van der Waals surface area contributed by atoms with Crippen molar-refractivity contribution in [3.63, 3.8) is 0 Å². The molecule has 102 valence electrons. The fourth-order valence-corrected chi connectivity index (χ4v) is 3.00. The van der Waals surface area contributed by atoms with Gasteiger partial charge in [-0.15, -0.1) is 0 Å². The van der Waals surface area contributed by atoms with Crippen LogP contribution in [0.1, 0.15) is 43.7 Å². The zero-order chi connectivity index (χ0) is 13.8. The Balaban J connectivity index is 2.08. The summed E-state index contributed by atoms with van der Waals surface area (Å²) in [6.45, 7) is 2.95. The number of halogens is 1. The largest absolute Gasteiger partial charge is 0.299 e. The Kier molecular flexibility index (Phi) is 4.55. The Bertz CT molecular complexity index is 478. The van der Waals surface area contributed by atoms with Crippen molar-refractivity contribution in [1.82, 2.24) is 4.90 Å². The summed E-state index contributed by atoms with van der Waals surface area (Å²) in [4.78, 5) is 2.27. The highest BCUT2D eigenvalue weighted by Gasteiger charge is 2.22. The first-order valence-electron chi connectivity index (χ1n) is 6.99. The van der Waals surface area contributed by atoms with Crippen LogP contribution in [0.25, 0.3) is 0 Å². The third kappa shape index (κ3) is 3.54. The average molecular weight is 260 g/mol. The molecule has 1 aliphatic rings. The molecule has 0 aliphatic heterocycles. The van der Waals surface area contributed by atoms with Crippen molar-refractivity contribution < 1.29 is 4.39 Å². The van der Waals surface area contributed by atoms with Crippen LogP contribution in [0.3, 0.4) is 0 Å². The number of benzene rings is 1. The van der Waals surface area contributed by atoms with Gasteiger partial charge in [0.05, 0.1) is 11.6 Å².